The van der Waals surface area contributed by atoms with Gasteiger partial charge in [0.2, 0.25) is 0 Å². The lowest BCUT2D eigenvalue weighted by Crippen LogP contribution is -2.37. The number of halogens is 1. The van der Waals surface area contributed by atoms with E-state index in [4.69, 9.17) is 18.0 Å². The van der Waals surface area contributed by atoms with Gasteiger partial charge in [-0.15, -0.1) is 6.42 Å². The lowest BCUT2D eigenvalue weighted by Gasteiger charge is -2.08. The highest BCUT2D eigenvalue weighted by atomic mass is 35.5. The Morgan fingerprint density at radius 3 is 2.94 bits per heavy atom. The van der Waals surface area contributed by atoms with Gasteiger partial charge in [0.05, 0.1) is 6.54 Å². The second-order valence-electron chi connectivity index (χ2n) is 3.56. The Hall–Kier alpha value is -1.73. The number of aliphatic imine (C=N–C) groups is 1. The fourth-order valence-electron chi connectivity index (χ4n) is 1.33. The molecule has 1 rings (SSSR count). The van der Waals surface area contributed by atoms with Crippen LogP contribution in [-0.4, -0.2) is 30.6 Å². The molecule has 18 heavy (non-hydrogen) atoms. The Bertz CT molecular complexity index is 420. The van der Waals surface area contributed by atoms with Gasteiger partial charge < -0.3 is 10.6 Å². The first kappa shape index (κ1) is 14.3. The molecule has 0 amide bonds. The summed E-state index contributed by atoms with van der Waals surface area (Å²) in [4.78, 5) is 8.43. The lowest BCUT2D eigenvalue weighted by molar-refractivity contribution is 0.854. The highest BCUT2D eigenvalue weighted by Gasteiger charge is 1.96. The summed E-state index contributed by atoms with van der Waals surface area (Å²) in [5.74, 6) is 3.25. The number of rotatable bonds is 5. The molecule has 0 unspecified atom stereocenters. The van der Waals surface area contributed by atoms with Gasteiger partial charge in [0.25, 0.3) is 0 Å². The maximum atomic E-state index is 5.72. The largest absolute Gasteiger partial charge is 0.357 e. The molecule has 0 spiro atoms. The van der Waals surface area contributed by atoms with Crippen molar-refractivity contribution >= 4 is 17.6 Å². The third-order valence-electron chi connectivity index (χ3n) is 2.16. The quantitative estimate of drug-likeness (QED) is 0.366. The highest BCUT2D eigenvalue weighted by molar-refractivity contribution is 6.29. The van der Waals surface area contributed by atoms with Crippen molar-refractivity contribution in [3.05, 3.63) is 29.0 Å². The molecule has 1 heterocycles. The van der Waals surface area contributed by atoms with Gasteiger partial charge in [-0.25, -0.2) is 4.98 Å². The maximum absolute atomic E-state index is 5.72. The van der Waals surface area contributed by atoms with Crippen LogP contribution < -0.4 is 10.6 Å². The molecule has 4 nitrogen and oxygen atoms in total. The number of aromatic nitrogens is 1. The van der Waals surface area contributed by atoms with E-state index in [1.807, 2.05) is 13.0 Å². The van der Waals surface area contributed by atoms with Crippen molar-refractivity contribution in [3.63, 3.8) is 0 Å². The topological polar surface area (TPSA) is 49.3 Å². The first-order valence-corrected chi connectivity index (χ1v) is 6.20. The number of hydrogen-bond donors (Lipinski definition) is 2. The summed E-state index contributed by atoms with van der Waals surface area (Å²) >= 11 is 5.72. The van der Waals surface area contributed by atoms with Gasteiger partial charge in [-0.1, -0.05) is 23.6 Å². The van der Waals surface area contributed by atoms with Crippen LogP contribution >= 0.6 is 11.6 Å². The number of terminal acetylenes is 1. The third kappa shape index (κ3) is 5.55. The fourth-order valence-corrected chi connectivity index (χ4v) is 1.44. The van der Waals surface area contributed by atoms with Gasteiger partial charge in [0.1, 0.15) is 5.15 Å². The average molecular weight is 265 g/mol. The van der Waals surface area contributed by atoms with Crippen molar-refractivity contribution < 1.29 is 0 Å². The number of nitrogens with zero attached hydrogens (tertiary/aromatic N) is 2. The van der Waals surface area contributed by atoms with Gasteiger partial charge >= 0.3 is 0 Å². The van der Waals surface area contributed by atoms with Gasteiger partial charge in [0.15, 0.2) is 5.96 Å². The van der Waals surface area contributed by atoms with Crippen molar-refractivity contribution in [2.45, 2.75) is 13.3 Å². The average Bonchev–Trinajstić information content (AvgIpc) is 2.38. The molecular weight excluding hydrogens is 248 g/mol. The van der Waals surface area contributed by atoms with E-state index in [1.165, 1.54) is 0 Å². The Morgan fingerprint density at radius 2 is 2.33 bits per heavy atom. The minimum Gasteiger partial charge on any atom is -0.357 e. The van der Waals surface area contributed by atoms with Crippen LogP contribution in [0.2, 0.25) is 5.15 Å². The van der Waals surface area contributed by atoms with Crippen LogP contribution in [0, 0.1) is 12.3 Å². The minimum atomic E-state index is 0.467. The Labute approximate surface area is 113 Å². The molecule has 0 aliphatic rings. The van der Waals surface area contributed by atoms with Crippen LogP contribution in [0.1, 0.15) is 12.5 Å². The van der Waals surface area contributed by atoms with E-state index in [1.54, 1.807) is 12.3 Å². The van der Waals surface area contributed by atoms with Crippen LogP contribution in [0.5, 0.6) is 0 Å². The molecule has 0 aliphatic carbocycles. The zero-order valence-electron chi connectivity index (χ0n) is 10.4. The SMILES string of the molecule is C#CCNC(=NCCc1ccc(Cl)nc1)NCC. The van der Waals surface area contributed by atoms with E-state index >= 15 is 0 Å². The second kappa shape index (κ2) is 8.37. The normalized spacial score (nSPS) is 10.8. The molecule has 5 heteroatoms. The Balaban J connectivity index is 2.45. The molecule has 0 bridgehead atoms. The molecule has 1 aromatic rings. The molecule has 96 valence electrons. The van der Waals surface area contributed by atoms with Crippen LogP contribution in [0.25, 0.3) is 0 Å². The minimum absolute atomic E-state index is 0.467. The van der Waals surface area contributed by atoms with E-state index in [0.717, 1.165) is 24.5 Å². The highest BCUT2D eigenvalue weighted by Crippen LogP contribution is 2.05. The lowest BCUT2D eigenvalue weighted by atomic mass is 10.2. The summed E-state index contributed by atoms with van der Waals surface area (Å²) in [6.45, 7) is 3.95. The fraction of sp³-hybridized carbons (Fsp3) is 0.385. The third-order valence-corrected chi connectivity index (χ3v) is 2.38. The van der Waals surface area contributed by atoms with E-state index in [-0.39, 0.29) is 0 Å². The van der Waals surface area contributed by atoms with Gasteiger partial charge in [-0.3, -0.25) is 4.99 Å². The molecule has 0 fully saturated rings. The molecule has 0 aliphatic heterocycles. The van der Waals surface area contributed by atoms with Crippen LogP contribution in [0.4, 0.5) is 0 Å². The summed E-state index contributed by atoms with van der Waals surface area (Å²) in [7, 11) is 0. The van der Waals surface area contributed by atoms with Gasteiger partial charge in [0, 0.05) is 19.3 Å². The predicted molar refractivity (Wildman–Crippen MR) is 75.8 cm³/mol. The summed E-state index contributed by atoms with van der Waals surface area (Å²) in [6, 6.07) is 3.73. The summed E-state index contributed by atoms with van der Waals surface area (Å²) in [6.07, 6.45) is 7.77. The first-order chi connectivity index (χ1) is 8.76. The molecule has 0 atom stereocenters. The van der Waals surface area contributed by atoms with Crippen molar-refractivity contribution in [2.75, 3.05) is 19.6 Å². The van der Waals surface area contributed by atoms with Crippen molar-refractivity contribution in [1.29, 1.82) is 0 Å². The molecule has 0 saturated carbocycles. The van der Waals surface area contributed by atoms with Crippen LogP contribution in [0.3, 0.4) is 0 Å². The molecule has 1 aromatic heterocycles. The zero-order valence-corrected chi connectivity index (χ0v) is 11.2. The summed E-state index contributed by atoms with van der Waals surface area (Å²) < 4.78 is 0. The maximum Gasteiger partial charge on any atom is 0.192 e. The van der Waals surface area contributed by atoms with Crippen LogP contribution in [0.15, 0.2) is 23.3 Å². The molecule has 0 aromatic carbocycles. The van der Waals surface area contributed by atoms with E-state index in [0.29, 0.717) is 18.2 Å². The van der Waals surface area contributed by atoms with Crippen molar-refractivity contribution in [2.24, 2.45) is 4.99 Å². The van der Waals surface area contributed by atoms with Crippen LogP contribution in [-0.2, 0) is 6.42 Å². The van der Waals surface area contributed by atoms with Gasteiger partial charge in [-0.2, -0.15) is 0 Å². The molecular formula is C13H17ClN4. The Morgan fingerprint density at radius 1 is 1.50 bits per heavy atom. The second-order valence-corrected chi connectivity index (χ2v) is 3.94. The number of hydrogen-bond acceptors (Lipinski definition) is 2. The number of nitrogens with one attached hydrogen (secondary N) is 2. The Kier molecular flexibility index (Phi) is 6.67. The zero-order chi connectivity index (χ0) is 13.2. The van der Waals surface area contributed by atoms with Crippen molar-refractivity contribution in [3.8, 4) is 12.3 Å². The number of guanidine groups is 1. The summed E-state index contributed by atoms with van der Waals surface area (Å²) in [5, 5.41) is 6.66. The van der Waals surface area contributed by atoms with Crippen molar-refractivity contribution in [1.82, 2.24) is 15.6 Å². The molecule has 0 radical (unpaired) electrons. The van der Waals surface area contributed by atoms with E-state index in [9.17, 15) is 0 Å². The number of pyridine rings is 1. The van der Waals surface area contributed by atoms with E-state index in [2.05, 4.69) is 26.5 Å². The summed E-state index contributed by atoms with van der Waals surface area (Å²) in [5.41, 5.74) is 1.11. The standard InChI is InChI=1S/C13H17ClN4/c1-3-8-16-13(15-4-2)17-9-7-11-5-6-12(14)18-10-11/h1,5-6,10H,4,7-9H2,2H3,(H2,15,16,17). The predicted octanol–water partition coefficient (Wildman–Crippen LogP) is 1.47. The monoisotopic (exact) mass is 264 g/mol. The smallest absolute Gasteiger partial charge is 0.192 e. The molecule has 2 N–H and O–H groups in total. The molecule has 0 saturated heterocycles. The first-order valence-electron chi connectivity index (χ1n) is 5.82. The van der Waals surface area contributed by atoms with E-state index < -0.39 is 0 Å². The van der Waals surface area contributed by atoms with Gasteiger partial charge in [-0.05, 0) is 25.0 Å².